The molecule has 1 fully saturated rings. The number of alkyl halides is 2. The number of benzene rings is 1. The van der Waals surface area contributed by atoms with E-state index in [0.717, 1.165) is 31.5 Å². The van der Waals surface area contributed by atoms with E-state index in [9.17, 15) is 13.6 Å². The van der Waals surface area contributed by atoms with Crippen molar-refractivity contribution in [1.29, 1.82) is 0 Å². The van der Waals surface area contributed by atoms with Gasteiger partial charge in [0.15, 0.2) is 0 Å². The first-order valence-electron chi connectivity index (χ1n) is 7.75. The first kappa shape index (κ1) is 18.2. The second kappa shape index (κ2) is 8.61. The first-order valence-corrected chi connectivity index (χ1v) is 8.63. The number of likely N-dealkylation sites (tertiary alicyclic amines) is 1. The van der Waals surface area contributed by atoms with Gasteiger partial charge in [0.25, 0.3) is 5.76 Å². The summed E-state index contributed by atoms with van der Waals surface area (Å²) in [5.41, 5.74) is 6.30. The molecule has 1 aliphatic heterocycles. The molecule has 1 unspecified atom stereocenters. The van der Waals surface area contributed by atoms with Crippen molar-refractivity contribution in [2.75, 3.05) is 19.6 Å². The molecule has 1 aliphatic rings. The van der Waals surface area contributed by atoms with Crippen molar-refractivity contribution < 1.29 is 13.6 Å². The van der Waals surface area contributed by atoms with E-state index in [2.05, 4.69) is 17.1 Å². The van der Waals surface area contributed by atoms with Gasteiger partial charge in [0.2, 0.25) is 5.91 Å². The van der Waals surface area contributed by atoms with Gasteiger partial charge in [0, 0.05) is 30.1 Å². The lowest BCUT2D eigenvalue weighted by atomic mass is 10.0. The average Bonchev–Trinajstić information content (AvgIpc) is 2.49. The zero-order valence-corrected chi connectivity index (χ0v) is 14.0. The van der Waals surface area contributed by atoms with E-state index in [0.29, 0.717) is 29.2 Å². The zero-order chi connectivity index (χ0) is 16.8. The van der Waals surface area contributed by atoms with Gasteiger partial charge in [-0.05, 0) is 37.5 Å². The van der Waals surface area contributed by atoms with Crippen LogP contribution in [0.2, 0.25) is 0 Å². The maximum absolute atomic E-state index is 12.3. The zero-order valence-electron chi connectivity index (χ0n) is 13.2. The van der Waals surface area contributed by atoms with Gasteiger partial charge in [0.05, 0.1) is 6.54 Å². The molecule has 1 atom stereocenters. The van der Waals surface area contributed by atoms with Gasteiger partial charge in [-0.25, -0.2) is 0 Å². The van der Waals surface area contributed by atoms with Gasteiger partial charge < -0.3 is 11.1 Å². The fourth-order valence-corrected chi connectivity index (χ4v) is 3.36. The highest BCUT2D eigenvalue weighted by Crippen LogP contribution is 2.26. The standard InChI is InChI=1S/C16H23F2N3OS/c1-11(12-2-4-14(5-3-12)23-16(17)18)20-13-6-8-21(9-7-13)10-15(19)22/h2-5,11,13,16,20H,6-10H2,1H3,(H2,19,22). The number of nitrogens with two attached hydrogens (primary N) is 1. The molecule has 23 heavy (non-hydrogen) atoms. The molecule has 3 N–H and O–H groups in total. The number of nitrogens with zero attached hydrogens (tertiary/aromatic N) is 1. The fraction of sp³-hybridized carbons (Fsp3) is 0.562. The fourth-order valence-electron chi connectivity index (χ4n) is 2.87. The van der Waals surface area contributed by atoms with Crippen LogP contribution < -0.4 is 11.1 Å². The lowest BCUT2D eigenvalue weighted by Crippen LogP contribution is -2.45. The average molecular weight is 343 g/mol. The normalized spacial score (nSPS) is 18.3. The molecule has 0 saturated carbocycles. The Kier molecular flexibility index (Phi) is 6.80. The van der Waals surface area contributed by atoms with Gasteiger partial charge in [-0.15, -0.1) is 0 Å². The predicted octanol–water partition coefficient (Wildman–Crippen LogP) is 2.60. The molecule has 0 aliphatic carbocycles. The number of amides is 1. The molecule has 0 spiro atoms. The summed E-state index contributed by atoms with van der Waals surface area (Å²) in [5.74, 6) is -2.67. The number of piperidine rings is 1. The summed E-state index contributed by atoms with van der Waals surface area (Å²) in [6, 6.07) is 7.81. The summed E-state index contributed by atoms with van der Waals surface area (Å²) in [6.45, 7) is 4.12. The van der Waals surface area contributed by atoms with Crippen LogP contribution in [0.4, 0.5) is 8.78 Å². The Morgan fingerprint density at radius 1 is 1.35 bits per heavy atom. The third kappa shape index (κ3) is 6.08. The number of primary amides is 1. The summed E-state index contributed by atoms with van der Waals surface area (Å²) in [6.07, 6.45) is 1.94. The number of hydrogen-bond acceptors (Lipinski definition) is 4. The highest BCUT2D eigenvalue weighted by Gasteiger charge is 2.21. The number of rotatable bonds is 7. The minimum atomic E-state index is -2.39. The van der Waals surface area contributed by atoms with Crippen molar-refractivity contribution in [3.05, 3.63) is 29.8 Å². The molecule has 1 aromatic rings. The Balaban J connectivity index is 1.80. The molecule has 1 heterocycles. The Morgan fingerprint density at radius 2 is 1.96 bits per heavy atom. The maximum Gasteiger partial charge on any atom is 0.288 e. The number of thioether (sulfide) groups is 1. The number of halogens is 2. The monoisotopic (exact) mass is 343 g/mol. The van der Waals surface area contributed by atoms with E-state index < -0.39 is 5.76 Å². The molecule has 1 saturated heterocycles. The van der Waals surface area contributed by atoms with E-state index in [1.807, 2.05) is 12.1 Å². The molecular formula is C16H23F2N3OS. The van der Waals surface area contributed by atoms with Crippen molar-refractivity contribution >= 4 is 17.7 Å². The van der Waals surface area contributed by atoms with Crippen molar-refractivity contribution in [3.8, 4) is 0 Å². The Hall–Kier alpha value is -1.18. The van der Waals surface area contributed by atoms with Crippen molar-refractivity contribution in [1.82, 2.24) is 10.2 Å². The number of nitrogens with one attached hydrogen (secondary N) is 1. The quantitative estimate of drug-likeness (QED) is 0.747. The number of carbonyl (C=O) groups excluding carboxylic acids is 1. The molecular weight excluding hydrogens is 320 g/mol. The van der Waals surface area contributed by atoms with Crippen LogP contribution in [-0.4, -0.2) is 42.2 Å². The Labute approximate surface area is 139 Å². The van der Waals surface area contributed by atoms with E-state index in [-0.39, 0.29) is 11.9 Å². The molecule has 1 amide bonds. The predicted molar refractivity (Wildman–Crippen MR) is 88.5 cm³/mol. The lowest BCUT2D eigenvalue weighted by molar-refractivity contribution is -0.119. The summed E-state index contributed by atoms with van der Waals surface area (Å²) in [4.78, 5) is 13.6. The van der Waals surface area contributed by atoms with Crippen LogP contribution in [0.1, 0.15) is 31.4 Å². The molecule has 7 heteroatoms. The highest BCUT2D eigenvalue weighted by molar-refractivity contribution is 7.99. The first-order chi connectivity index (χ1) is 10.9. The Bertz CT molecular complexity index is 505. The minimum absolute atomic E-state index is 0.160. The van der Waals surface area contributed by atoms with Crippen LogP contribution in [0.25, 0.3) is 0 Å². The van der Waals surface area contributed by atoms with E-state index in [4.69, 9.17) is 5.73 Å². The van der Waals surface area contributed by atoms with Crippen LogP contribution >= 0.6 is 11.8 Å². The Morgan fingerprint density at radius 3 is 2.48 bits per heavy atom. The molecule has 0 radical (unpaired) electrons. The molecule has 1 aromatic carbocycles. The van der Waals surface area contributed by atoms with Crippen LogP contribution in [0, 0.1) is 0 Å². The van der Waals surface area contributed by atoms with Gasteiger partial charge >= 0.3 is 0 Å². The van der Waals surface area contributed by atoms with E-state index >= 15 is 0 Å². The van der Waals surface area contributed by atoms with Gasteiger partial charge in [0.1, 0.15) is 0 Å². The van der Waals surface area contributed by atoms with Crippen LogP contribution in [0.15, 0.2) is 29.2 Å². The molecule has 4 nitrogen and oxygen atoms in total. The molecule has 0 bridgehead atoms. The maximum atomic E-state index is 12.3. The van der Waals surface area contributed by atoms with Crippen LogP contribution in [0.5, 0.6) is 0 Å². The van der Waals surface area contributed by atoms with Gasteiger partial charge in [-0.3, -0.25) is 9.69 Å². The van der Waals surface area contributed by atoms with Gasteiger partial charge in [-0.2, -0.15) is 8.78 Å². The van der Waals surface area contributed by atoms with E-state index in [1.165, 1.54) is 0 Å². The number of carbonyl (C=O) groups is 1. The lowest BCUT2D eigenvalue weighted by Gasteiger charge is -2.33. The third-order valence-corrected chi connectivity index (χ3v) is 4.78. The molecule has 2 rings (SSSR count). The summed E-state index contributed by atoms with van der Waals surface area (Å²) < 4.78 is 24.6. The topological polar surface area (TPSA) is 58.4 Å². The largest absolute Gasteiger partial charge is 0.369 e. The van der Waals surface area contributed by atoms with Crippen LogP contribution in [0.3, 0.4) is 0 Å². The van der Waals surface area contributed by atoms with Crippen molar-refractivity contribution in [3.63, 3.8) is 0 Å². The van der Waals surface area contributed by atoms with Crippen molar-refractivity contribution in [2.45, 2.75) is 42.5 Å². The minimum Gasteiger partial charge on any atom is -0.369 e. The van der Waals surface area contributed by atoms with Gasteiger partial charge in [-0.1, -0.05) is 23.9 Å². The number of hydrogen-bond donors (Lipinski definition) is 2. The SMILES string of the molecule is CC(NC1CCN(CC(N)=O)CC1)c1ccc(SC(F)F)cc1. The summed E-state index contributed by atoms with van der Waals surface area (Å²) in [5, 5.41) is 3.57. The molecule has 128 valence electrons. The second-order valence-electron chi connectivity index (χ2n) is 5.85. The van der Waals surface area contributed by atoms with Crippen molar-refractivity contribution in [2.24, 2.45) is 5.73 Å². The molecule has 0 aromatic heterocycles. The second-order valence-corrected chi connectivity index (χ2v) is 6.92. The smallest absolute Gasteiger partial charge is 0.288 e. The third-order valence-electron chi connectivity index (χ3n) is 4.06. The van der Waals surface area contributed by atoms with E-state index in [1.54, 1.807) is 12.1 Å². The highest BCUT2D eigenvalue weighted by atomic mass is 32.2. The summed E-state index contributed by atoms with van der Waals surface area (Å²) in [7, 11) is 0. The summed E-state index contributed by atoms with van der Waals surface area (Å²) >= 11 is 0.563. The van der Waals surface area contributed by atoms with Crippen LogP contribution in [-0.2, 0) is 4.79 Å².